The van der Waals surface area contributed by atoms with Crippen molar-refractivity contribution >= 4 is 45.0 Å². The highest BCUT2D eigenvalue weighted by atomic mass is 32.2. The molecule has 0 spiro atoms. The Morgan fingerprint density at radius 3 is 2.55 bits per heavy atom. The van der Waals surface area contributed by atoms with Gasteiger partial charge in [0.25, 0.3) is 5.91 Å². The first-order chi connectivity index (χ1) is 9.54. The minimum absolute atomic E-state index is 0.0991. The molecule has 1 aliphatic rings. The molecule has 1 aromatic rings. The molecule has 2 rings (SSSR count). The van der Waals surface area contributed by atoms with E-state index in [0.29, 0.717) is 15.9 Å². The van der Waals surface area contributed by atoms with Gasteiger partial charge in [-0.05, 0) is 31.2 Å². The maximum absolute atomic E-state index is 12.1. The highest BCUT2D eigenvalue weighted by Gasteiger charge is 2.33. The van der Waals surface area contributed by atoms with Crippen LogP contribution in [0.2, 0.25) is 0 Å². The van der Waals surface area contributed by atoms with Crippen LogP contribution in [0.1, 0.15) is 25.5 Å². The fourth-order valence-corrected chi connectivity index (χ4v) is 3.18. The van der Waals surface area contributed by atoms with Gasteiger partial charge in [0.15, 0.2) is 10.8 Å². The summed E-state index contributed by atoms with van der Waals surface area (Å²) in [6.07, 6.45) is 0. The van der Waals surface area contributed by atoms with Crippen molar-refractivity contribution in [1.82, 2.24) is 4.90 Å². The summed E-state index contributed by atoms with van der Waals surface area (Å²) in [7, 11) is 0. The Hall–Kier alpha value is -1.53. The molecule has 6 heteroatoms. The lowest BCUT2D eigenvalue weighted by Crippen LogP contribution is -2.29. The maximum Gasteiger partial charge on any atom is 0.284 e. The zero-order valence-electron chi connectivity index (χ0n) is 11.2. The van der Waals surface area contributed by atoms with E-state index in [1.54, 1.807) is 0 Å². The summed E-state index contributed by atoms with van der Waals surface area (Å²) in [5, 5.41) is 0.293. The van der Waals surface area contributed by atoms with E-state index in [2.05, 4.69) is 4.99 Å². The van der Waals surface area contributed by atoms with Crippen molar-refractivity contribution in [1.29, 1.82) is 0 Å². The van der Waals surface area contributed by atoms with E-state index >= 15 is 0 Å². The third-order valence-electron chi connectivity index (χ3n) is 2.90. The first-order valence-corrected chi connectivity index (χ1v) is 7.44. The minimum Gasteiger partial charge on any atom is -0.297 e. The molecule has 1 amide bonds. The average molecular weight is 306 g/mol. The molecule has 0 aliphatic carbocycles. The molecular formula is C14H14N2O2S2. The van der Waals surface area contributed by atoms with Crippen molar-refractivity contribution in [3.63, 3.8) is 0 Å². The highest BCUT2D eigenvalue weighted by molar-refractivity contribution is 8.35. The van der Waals surface area contributed by atoms with Gasteiger partial charge >= 0.3 is 0 Å². The fraction of sp³-hybridized carbons (Fsp3) is 0.286. The topological polar surface area (TPSA) is 49.7 Å². The van der Waals surface area contributed by atoms with Crippen molar-refractivity contribution in [3.05, 3.63) is 35.9 Å². The number of thiocarbonyl (C=S) groups is 1. The Kier molecular flexibility index (Phi) is 4.67. The molecule has 4 nitrogen and oxygen atoms in total. The second-order valence-electron chi connectivity index (χ2n) is 4.28. The molecular weight excluding hydrogens is 292 g/mol. The smallest absolute Gasteiger partial charge is 0.284 e. The Morgan fingerprint density at radius 2 is 2.05 bits per heavy atom. The van der Waals surface area contributed by atoms with Gasteiger partial charge in [-0.25, -0.2) is 0 Å². The Balaban J connectivity index is 2.34. The summed E-state index contributed by atoms with van der Waals surface area (Å²) in [4.78, 5) is 29.7. The lowest BCUT2D eigenvalue weighted by atomic mass is 10.0. The SMILES string of the molecule is CCN1C(=O)C(=NC(C(C)=O)c2ccccc2)SC1=S. The lowest BCUT2D eigenvalue weighted by Gasteiger charge is -2.11. The summed E-state index contributed by atoms with van der Waals surface area (Å²) in [6, 6.07) is 8.57. The summed E-state index contributed by atoms with van der Waals surface area (Å²) in [5.74, 6) is -0.317. The number of thioether (sulfide) groups is 1. The molecule has 1 aliphatic heterocycles. The van der Waals surface area contributed by atoms with Crippen molar-refractivity contribution < 1.29 is 9.59 Å². The van der Waals surface area contributed by atoms with Crippen LogP contribution in [-0.4, -0.2) is 32.5 Å². The molecule has 20 heavy (non-hydrogen) atoms. The molecule has 0 radical (unpaired) electrons. The van der Waals surface area contributed by atoms with Gasteiger partial charge in [0.05, 0.1) is 0 Å². The van der Waals surface area contributed by atoms with Gasteiger partial charge in [0, 0.05) is 6.54 Å². The van der Waals surface area contributed by atoms with E-state index in [1.807, 2.05) is 37.3 Å². The number of rotatable bonds is 4. The third-order valence-corrected chi connectivity index (χ3v) is 4.23. The fourth-order valence-electron chi connectivity index (χ4n) is 1.89. The molecule has 1 unspecified atom stereocenters. The number of hydrogen-bond acceptors (Lipinski definition) is 5. The molecule has 1 aromatic carbocycles. The summed E-state index contributed by atoms with van der Waals surface area (Å²) >= 11 is 6.28. The van der Waals surface area contributed by atoms with E-state index in [0.717, 1.165) is 17.3 Å². The predicted molar refractivity (Wildman–Crippen MR) is 84.9 cm³/mol. The number of carbonyl (C=O) groups excluding carboxylic acids is 2. The lowest BCUT2D eigenvalue weighted by molar-refractivity contribution is -0.119. The Morgan fingerprint density at radius 1 is 1.40 bits per heavy atom. The number of aliphatic imine (C=N–C) groups is 1. The van der Waals surface area contributed by atoms with E-state index in [9.17, 15) is 9.59 Å². The summed E-state index contributed by atoms with van der Waals surface area (Å²) < 4.78 is 0.492. The number of Topliss-reactive ketones (excluding diaryl/α,β-unsaturated/α-hetero) is 1. The van der Waals surface area contributed by atoms with Crippen LogP contribution >= 0.6 is 24.0 Å². The highest BCUT2D eigenvalue weighted by Crippen LogP contribution is 2.27. The normalized spacial score (nSPS) is 18.7. The van der Waals surface area contributed by atoms with Crippen LogP contribution < -0.4 is 0 Å². The van der Waals surface area contributed by atoms with Crippen molar-refractivity contribution in [2.24, 2.45) is 4.99 Å². The van der Waals surface area contributed by atoms with Crippen LogP contribution in [0.15, 0.2) is 35.3 Å². The second kappa shape index (κ2) is 6.28. The molecule has 1 heterocycles. The van der Waals surface area contributed by atoms with Gasteiger partial charge in [-0.3, -0.25) is 19.5 Å². The monoisotopic (exact) mass is 306 g/mol. The average Bonchev–Trinajstić information content (AvgIpc) is 2.70. The zero-order valence-corrected chi connectivity index (χ0v) is 12.8. The molecule has 1 fully saturated rings. The number of nitrogens with zero attached hydrogens (tertiary/aromatic N) is 2. The van der Waals surface area contributed by atoms with Crippen LogP contribution in [0.25, 0.3) is 0 Å². The van der Waals surface area contributed by atoms with Crippen LogP contribution in [-0.2, 0) is 9.59 Å². The van der Waals surface area contributed by atoms with Gasteiger partial charge in [-0.2, -0.15) is 0 Å². The number of amides is 1. The maximum atomic E-state index is 12.1. The number of ketones is 1. The van der Waals surface area contributed by atoms with Crippen LogP contribution in [0, 0.1) is 0 Å². The number of carbonyl (C=O) groups is 2. The molecule has 104 valence electrons. The predicted octanol–water partition coefficient (Wildman–Crippen LogP) is 2.60. The number of hydrogen-bond donors (Lipinski definition) is 0. The first-order valence-electron chi connectivity index (χ1n) is 6.21. The van der Waals surface area contributed by atoms with E-state index in [4.69, 9.17) is 12.2 Å². The molecule has 0 bridgehead atoms. The molecule has 1 saturated heterocycles. The first kappa shape index (κ1) is 14.9. The van der Waals surface area contributed by atoms with Gasteiger partial charge in [-0.15, -0.1) is 0 Å². The molecule has 1 atom stereocenters. The number of benzene rings is 1. The standard InChI is InChI=1S/C14H14N2O2S2/c1-3-16-13(18)12(20-14(16)19)15-11(9(2)17)10-7-5-4-6-8-10/h4-8,11H,3H2,1-2H3. The quantitative estimate of drug-likeness (QED) is 0.802. The Labute approximate surface area is 127 Å². The van der Waals surface area contributed by atoms with E-state index in [-0.39, 0.29) is 11.7 Å². The van der Waals surface area contributed by atoms with Crippen molar-refractivity contribution in [2.75, 3.05) is 6.54 Å². The van der Waals surface area contributed by atoms with Gasteiger partial charge < -0.3 is 0 Å². The molecule has 0 aromatic heterocycles. The van der Waals surface area contributed by atoms with Gasteiger partial charge in [-0.1, -0.05) is 42.5 Å². The third kappa shape index (κ3) is 2.96. The summed E-state index contributed by atoms with van der Waals surface area (Å²) in [6.45, 7) is 3.84. The van der Waals surface area contributed by atoms with Crippen molar-refractivity contribution in [2.45, 2.75) is 19.9 Å². The van der Waals surface area contributed by atoms with E-state index in [1.165, 1.54) is 11.8 Å². The van der Waals surface area contributed by atoms with E-state index < -0.39 is 6.04 Å². The zero-order chi connectivity index (χ0) is 14.7. The van der Waals surface area contributed by atoms with Crippen molar-refractivity contribution in [3.8, 4) is 0 Å². The molecule has 0 N–H and O–H groups in total. The second-order valence-corrected chi connectivity index (χ2v) is 5.90. The Bertz CT molecular complexity index is 584. The summed E-state index contributed by atoms with van der Waals surface area (Å²) in [5.41, 5.74) is 0.779. The minimum atomic E-state index is -0.651. The van der Waals surface area contributed by atoms with Crippen LogP contribution in [0.4, 0.5) is 0 Å². The van der Waals surface area contributed by atoms with Crippen LogP contribution in [0.5, 0.6) is 0 Å². The largest absolute Gasteiger partial charge is 0.297 e. The van der Waals surface area contributed by atoms with Gasteiger partial charge in [0.1, 0.15) is 10.4 Å². The molecule has 0 saturated carbocycles. The van der Waals surface area contributed by atoms with Gasteiger partial charge in [0.2, 0.25) is 0 Å². The van der Waals surface area contributed by atoms with Crippen LogP contribution in [0.3, 0.4) is 0 Å².